The molecular weight excluding hydrogens is 202 g/mol. The van der Waals surface area contributed by atoms with Gasteiger partial charge in [-0.3, -0.25) is 14.4 Å². The summed E-state index contributed by atoms with van der Waals surface area (Å²) in [5, 5.41) is 2.29. The van der Waals surface area contributed by atoms with E-state index < -0.39 is 17.4 Å². The van der Waals surface area contributed by atoms with Gasteiger partial charge in [-0.15, -0.1) is 0 Å². The zero-order valence-electron chi connectivity index (χ0n) is 8.16. The minimum absolute atomic E-state index is 0.0369. The number of carbonyl (C=O) groups is 2. The fourth-order valence-electron chi connectivity index (χ4n) is 0.865. The highest BCUT2D eigenvalue weighted by molar-refractivity contribution is 5.89. The molecular formula is C8H9N3O4. The van der Waals surface area contributed by atoms with Gasteiger partial charge in [0.1, 0.15) is 0 Å². The van der Waals surface area contributed by atoms with E-state index in [4.69, 9.17) is 0 Å². The lowest BCUT2D eigenvalue weighted by atomic mass is 10.5. The SMILES string of the molecule is CC(=O)Nc1[nH]c(=O)cnc1OC(C)=O. The number of nitrogens with zero attached hydrogens (tertiary/aromatic N) is 1. The van der Waals surface area contributed by atoms with E-state index >= 15 is 0 Å². The normalized spacial score (nSPS) is 9.47. The lowest BCUT2D eigenvalue weighted by Gasteiger charge is -2.06. The fourth-order valence-corrected chi connectivity index (χ4v) is 0.865. The minimum atomic E-state index is -0.596. The third kappa shape index (κ3) is 3.22. The minimum Gasteiger partial charge on any atom is -0.404 e. The van der Waals surface area contributed by atoms with Crippen LogP contribution in [-0.2, 0) is 9.59 Å². The molecule has 1 heterocycles. The molecule has 7 nitrogen and oxygen atoms in total. The van der Waals surface area contributed by atoms with Crippen LogP contribution in [-0.4, -0.2) is 21.8 Å². The average Bonchev–Trinajstić information content (AvgIpc) is 2.08. The molecule has 1 aromatic heterocycles. The van der Waals surface area contributed by atoms with E-state index in [2.05, 4.69) is 20.0 Å². The molecule has 0 spiro atoms. The van der Waals surface area contributed by atoms with Crippen molar-refractivity contribution in [1.82, 2.24) is 9.97 Å². The van der Waals surface area contributed by atoms with Crippen molar-refractivity contribution in [2.75, 3.05) is 5.32 Å². The molecule has 15 heavy (non-hydrogen) atoms. The van der Waals surface area contributed by atoms with Gasteiger partial charge in [0, 0.05) is 13.8 Å². The molecule has 1 rings (SSSR count). The molecule has 0 atom stereocenters. The smallest absolute Gasteiger partial charge is 0.309 e. The van der Waals surface area contributed by atoms with E-state index in [1.807, 2.05) is 0 Å². The molecule has 0 saturated carbocycles. The maximum atomic E-state index is 10.9. The van der Waals surface area contributed by atoms with Crippen LogP contribution < -0.4 is 15.6 Å². The predicted octanol–water partition coefficient (Wildman–Crippen LogP) is -0.346. The maximum absolute atomic E-state index is 10.9. The first-order valence-electron chi connectivity index (χ1n) is 4.04. The van der Waals surface area contributed by atoms with Crippen LogP contribution in [0.3, 0.4) is 0 Å². The summed E-state index contributed by atoms with van der Waals surface area (Å²) in [6, 6.07) is 0. The molecule has 0 aliphatic heterocycles. The van der Waals surface area contributed by atoms with Crippen LogP contribution in [0.1, 0.15) is 13.8 Å². The van der Waals surface area contributed by atoms with Crippen molar-refractivity contribution in [2.45, 2.75) is 13.8 Å². The quantitative estimate of drug-likeness (QED) is 0.651. The predicted molar refractivity (Wildman–Crippen MR) is 50.5 cm³/mol. The van der Waals surface area contributed by atoms with Gasteiger partial charge >= 0.3 is 5.97 Å². The van der Waals surface area contributed by atoms with Gasteiger partial charge in [0.05, 0.1) is 6.20 Å². The largest absolute Gasteiger partial charge is 0.404 e. The molecule has 1 aromatic rings. The van der Waals surface area contributed by atoms with Crippen LogP contribution in [0.5, 0.6) is 5.88 Å². The molecule has 0 fully saturated rings. The summed E-state index contributed by atoms with van der Waals surface area (Å²) in [7, 11) is 0. The second-order valence-corrected chi connectivity index (χ2v) is 2.70. The van der Waals surface area contributed by atoms with Crippen molar-refractivity contribution in [1.29, 1.82) is 0 Å². The van der Waals surface area contributed by atoms with Gasteiger partial charge in [-0.1, -0.05) is 0 Å². The van der Waals surface area contributed by atoms with Crippen molar-refractivity contribution < 1.29 is 14.3 Å². The molecule has 0 aromatic carbocycles. The fraction of sp³-hybridized carbons (Fsp3) is 0.250. The van der Waals surface area contributed by atoms with Gasteiger partial charge in [0.25, 0.3) is 11.4 Å². The average molecular weight is 211 g/mol. The maximum Gasteiger partial charge on any atom is 0.309 e. The van der Waals surface area contributed by atoms with Crippen LogP contribution in [0.15, 0.2) is 11.0 Å². The number of hydrogen-bond donors (Lipinski definition) is 2. The standard InChI is InChI=1S/C8H9N3O4/c1-4(12)10-7-8(15-5(2)13)9-3-6(14)11-7/h3H,1-2H3,(H2,10,11,12,14). The highest BCUT2D eigenvalue weighted by Gasteiger charge is 2.09. The van der Waals surface area contributed by atoms with Crippen molar-refractivity contribution in [3.63, 3.8) is 0 Å². The third-order valence-corrected chi connectivity index (χ3v) is 1.30. The van der Waals surface area contributed by atoms with Crippen LogP contribution in [0, 0.1) is 0 Å². The van der Waals surface area contributed by atoms with Crippen LogP contribution in [0.2, 0.25) is 0 Å². The van der Waals surface area contributed by atoms with Crippen LogP contribution >= 0.6 is 0 Å². The van der Waals surface area contributed by atoms with Gasteiger partial charge in [0.15, 0.2) is 5.82 Å². The van der Waals surface area contributed by atoms with E-state index in [0.717, 1.165) is 6.20 Å². The lowest BCUT2D eigenvalue weighted by molar-refractivity contribution is -0.132. The number of carbonyl (C=O) groups excluding carboxylic acids is 2. The Morgan fingerprint density at radius 1 is 1.47 bits per heavy atom. The number of amides is 1. The zero-order chi connectivity index (χ0) is 11.4. The number of aromatic amines is 1. The summed E-state index contributed by atoms with van der Waals surface area (Å²) in [6.45, 7) is 2.44. The van der Waals surface area contributed by atoms with E-state index in [-0.39, 0.29) is 11.7 Å². The van der Waals surface area contributed by atoms with Crippen molar-refractivity contribution in [3.05, 3.63) is 16.6 Å². The Labute approximate surface area is 84.5 Å². The molecule has 1 amide bonds. The molecule has 7 heteroatoms. The van der Waals surface area contributed by atoms with Gasteiger partial charge in [-0.2, -0.15) is 0 Å². The first kappa shape index (κ1) is 10.9. The molecule has 0 bridgehead atoms. The van der Waals surface area contributed by atoms with Crippen LogP contribution in [0.25, 0.3) is 0 Å². The van der Waals surface area contributed by atoms with Crippen LogP contribution in [0.4, 0.5) is 5.82 Å². The first-order chi connectivity index (χ1) is 6.99. The third-order valence-electron chi connectivity index (χ3n) is 1.30. The highest BCUT2D eigenvalue weighted by Crippen LogP contribution is 2.15. The summed E-state index contributed by atoms with van der Waals surface area (Å²) < 4.78 is 4.67. The Hall–Kier alpha value is -2.18. The molecule has 0 radical (unpaired) electrons. The number of rotatable bonds is 2. The number of aromatic nitrogens is 2. The molecule has 0 unspecified atom stereocenters. The van der Waals surface area contributed by atoms with Gasteiger partial charge in [-0.05, 0) is 0 Å². The molecule has 2 N–H and O–H groups in total. The number of nitrogens with one attached hydrogen (secondary N) is 2. The van der Waals surface area contributed by atoms with Crippen molar-refractivity contribution in [2.24, 2.45) is 0 Å². The summed E-state index contributed by atoms with van der Waals surface area (Å²) in [5.74, 6) is -1.18. The molecule has 80 valence electrons. The highest BCUT2D eigenvalue weighted by atomic mass is 16.5. The van der Waals surface area contributed by atoms with Gasteiger partial charge < -0.3 is 15.0 Å². The summed E-state index contributed by atoms with van der Waals surface area (Å²) in [6.07, 6.45) is 0.948. The molecule has 0 saturated heterocycles. The second kappa shape index (κ2) is 4.36. The Morgan fingerprint density at radius 3 is 2.67 bits per heavy atom. The number of ether oxygens (including phenoxy) is 1. The first-order valence-corrected chi connectivity index (χ1v) is 4.04. The second-order valence-electron chi connectivity index (χ2n) is 2.70. The van der Waals surface area contributed by atoms with Crippen molar-refractivity contribution in [3.8, 4) is 5.88 Å². The summed E-state index contributed by atoms with van der Waals surface area (Å²) in [5.41, 5.74) is -0.505. The Kier molecular flexibility index (Phi) is 3.17. The van der Waals surface area contributed by atoms with E-state index in [1.54, 1.807) is 0 Å². The Bertz CT molecular complexity index is 451. The Balaban J connectivity index is 3.08. The zero-order valence-corrected chi connectivity index (χ0v) is 8.16. The van der Waals surface area contributed by atoms with E-state index in [0.29, 0.717) is 0 Å². The number of hydrogen-bond acceptors (Lipinski definition) is 5. The van der Waals surface area contributed by atoms with E-state index in [1.165, 1.54) is 13.8 Å². The van der Waals surface area contributed by atoms with E-state index in [9.17, 15) is 14.4 Å². The number of H-pyrrole nitrogens is 1. The number of anilines is 1. The Morgan fingerprint density at radius 2 is 2.13 bits per heavy atom. The topological polar surface area (TPSA) is 101 Å². The van der Waals surface area contributed by atoms with Gasteiger partial charge in [0.2, 0.25) is 5.91 Å². The van der Waals surface area contributed by atoms with Crippen molar-refractivity contribution >= 4 is 17.7 Å². The molecule has 0 aliphatic rings. The lowest BCUT2D eigenvalue weighted by Crippen LogP contribution is -2.17. The monoisotopic (exact) mass is 211 g/mol. The number of esters is 1. The van der Waals surface area contributed by atoms with Gasteiger partial charge in [-0.25, -0.2) is 4.98 Å². The summed E-state index contributed by atoms with van der Waals surface area (Å²) >= 11 is 0. The summed E-state index contributed by atoms with van der Waals surface area (Å²) in [4.78, 5) is 38.2. The molecule has 0 aliphatic carbocycles.